The van der Waals surface area contributed by atoms with Gasteiger partial charge in [0.05, 0.1) is 0 Å². The Kier molecular flexibility index (Phi) is 5.30. The van der Waals surface area contributed by atoms with Crippen molar-refractivity contribution in [1.29, 1.82) is 0 Å². The van der Waals surface area contributed by atoms with Gasteiger partial charge in [-0.1, -0.05) is 109 Å². The second-order valence-corrected chi connectivity index (χ2v) is 10.1. The van der Waals surface area contributed by atoms with Crippen molar-refractivity contribution in [3.05, 3.63) is 139 Å². The van der Waals surface area contributed by atoms with Crippen molar-refractivity contribution >= 4 is 32.3 Å². The molecule has 0 aliphatic rings. The molecule has 38 heavy (non-hydrogen) atoms. The van der Waals surface area contributed by atoms with Crippen molar-refractivity contribution in [2.24, 2.45) is 0 Å². The summed E-state index contributed by atoms with van der Waals surface area (Å²) < 4.78 is 0. The summed E-state index contributed by atoms with van der Waals surface area (Å²) >= 11 is 0. The molecule has 1 aromatic heterocycles. The van der Waals surface area contributed by atoms with E-state index in [4.69, 9.17) is 0 Å². The monoisotopic (exact) mass is 485 g/mol. The molecular weight excluding hydrogens is 458 g/mol. The summed E-state index contributed by atoms with van der Waals surface area (Å²) in [4.78, 5) is 4.35. The molecule has 0 radical (unpaired) electrons. The third-order valence-corrected chi connectivity index (χ3v) is 7.86. The first-order chi connectivity index (χ1) is 18.7. The predicted molar refractivity (Wildman–Crippen MR) is 163 cm³/mol. The smallest absolute Gasteiger partial charge is 0.0349 e. The second kappa shape index (κ2) is 8.97. The third-order valence-electron chi connectivity index (χ3n) is 7.86. The van der Waals surface area contributed by atoms with E-state index in [1.165, 1.54) is 76.8 Å². The Morgan fingerprint density at radius 1 is 0.395 bits per heavy atom. The Morgan fingerprint density at radius 2 is 0.947 bits per heavy atom. The molecule has 0 bridgehead atoms. The minimum absolute atomic E-state index is 1.18. The quantitative estimate of drug-likeness (QED) is 0.227. The first-order valence-electron chi connectivity index (χ1n) is 13.1. The average molecular weight is 486 g/mol. The Bertz CT molecular complexity index is 1920. The highest BCUT2D eigenvalue weighted by atomic mass is 14.6. The number of fused-ring (bicyclic) bond motifs is 3. The maximum absolute atomic E-state index is 4.35. The summed E-state index contributed by atoms with van der Waals surface area (Å²) in [7, 11) is 0. The highest BCUT2D eigenvalue weighted by Crippen LogP contribution is 2.45. The van der Waals surface area contributed by atoms with Crippen LogP contribution in [0.2, 0.25) is 0 Å². The van der Waals surface area contributed by atoms with Gasteiger partial charge < -0.3 is 0 Å². The zero-order chi connectivity index (χ0) is 25.6. The Labute approximate surface area is 223 Å². The summed E-state index contributed by atoms with van der Waals surface area (Å²) in [6.45, 7) is 4.33. The van der Waals surface area contributed by atoms with Crippen LogP contribution in [0.4, 0.5) is 0 Å². The summed E-state index contributed by atoms with van der Waals surface area (Å²) in [5, 5.41) is 7.72. The first kappa shape index (κ1) is 22.4. The lowest BCUT2D eigenvalue weighted by molar-refractivity contribution is 1.29. The van der Waals surface area contributed by atoms with Gasteiger partial charge >= 0.3 is 0 Å². The van der Waals surface area contributed by atoms with Crippen LogP contribution in [0.5, 0.6) is 0 Å². The van der Waals surface area contributed by atoms with Gasteiger partial charge in [-0.15, -0.1) is 0 Å². The van der Waals surface area contributed by atoms with Crippen molar-refractivity contribution < 1.29 is 0 Å². The van der Waals surface area contributed by atoms with Gasteiger partial charge in [-0.2, -0.15) is 0 Å². The molecule has 0 atom stereocenters. The second-order valence-electron chi connectivity index (χ2n) is 10.1. The highest BCUT2D eigenvalue weighted by Gasteiger charge is 2.18. The zero-order valence-corrected chi connectivity index (χ0v) is 21.6. The van der Waals surface area contributed by atoms with E-state index in [2.05, 4.69) is 134 Å². The van der Waals surface area contributed by atoms with Crippen molar-refractivity contribution in [3.63, 3.8) is 0 Å². The highest BCUT2D eigenvalue weighted by molar-refractivity contribution is 6.23. The molecule has 1 heteroatoms. The van der Waals surface area contributed by atoms with Gasteiger partial charge in [0.2, 0.25) is 0 Å². The molecule has 0 fully saturated rings. The molecule has 0 aliphatic heterocycles. The summed E-state index contributed by atoms with van der Waals surface area (Å²) in [6, 6.07) is 42.1. The normalized spacial score (nSPS) is 11.4. The van der Waals surface area contributed by atoms with Crippen molar-refractivity contribution in [3.8, 4) is 33.4 Å². The van der Waals surface area contributed by atoms with Crippen LogP contribution in [0.15, 0.2) is 128 Å². The van der Waals surface area contributed by atoms with E-state index in [0.29, 0.717) is 0 Å². The molecule has 0 saturated heterocycles. The minimum atomic E-state index is 1.18. The van der Waals surface area contributed by atoms with Gasteiger partial charge in [0.1, 0.15) is 0 Å². The van der Waals surface area contributed by atoms with Gasteiger partial charge in [0.15, 0.2) is 0 Å². The van der Waals surface area contributed by atoms with Gasteiger partial charge in [0.25, 0.3) is 0 Å². The summed E-state index contributed by atoms with van der Waals surface area (Å²) in [6.07, 6.45) is 3.81. The predicted octanol–water partition coefficient (Wildman–Crippen LogP) is 10.2. The molecule has 0 amide bonds. The largest absolute Gasteiger partial charge is 0.264 e. The van der Waals surface area contributed by atoms with Crippen molar-refractivity contribution in [1.82, 2.24) is 4.98 Å². The summed E-state index contributed by atoms with van der Waals surface area (Å²) in [5.41, 5.74) is 10.0. The lowest BCUT2D eigenvalue weighted by atomic mass is 9.84. The van der Waals surface area contributed by atoms with Crippen molar-refractivity contribution in [2.45, 2.75) is 13.8 Å². The van der Waals surface area contributed by atoms with E-state index >= 15 is 0 Å². The molecule has 0 aliphatic carbocycles. The average Bonchev–Trinajstić information content (AvgIpc) is 2.96. The van der Waals surface area contributed by atoms with Crippen LogP contribution >= 0.6 is 0 Å². The minimum Gasteiger partial charge on any atom is -0.264 e. The number of hydrogen-bond donors (Lipinski definition) is 0. The van der Waals surface area contributed by atoms with E-state index in [-0.39, 0.29) is 0 Å². The molecule has 180 valence electrons. The van der Waals surface area contributed by atoms with Gasteiger partial charge in [-0.25, -0.2) is 0 Å². The van der Waals surface area contributed by atoms with Gasteiger partial charge in [0, 0.05) is 18.0 Å². The van der Waals surface area contributed by atoms with Crippen LogP contribution in [0.25, 0.3) is 65.7 Å². The van der Waals surface area contributed by atoms with Crippen LogP contribution in [0.1, 0.15) is 11.1 Å². The van der Waals surface area contributed by atoms with Crippen LogP contribution < -0.4 is 0 Å². The zero-order valence-electron chi connectivity index (χ0n) is 21.6. The van der Waals surface area contributed by atoms with Gasteiger partial charge in [-0.3, -0.25) is 4.98 Å². The molecule has 0 N–H and O–H groups in total. The standard InChI is InChI=1S/C37H27N/c1-24-9-7-15-29-28(24)14-8-16-30(29)37-33-12-5-3-10-31(33)36(32-11-4-6-13-34(32)37)27-19-17-26(18-20-27)35-23-38-22-21-25(35)2/h3-23H,1-2H3. The lowest BCUT2D eigenvalue weighted by Gasteiger charge is -2.19. The topological polar surface area (TPSA) is 12.9 Å². The molecule has 1 heterocycles. The van der Waals surface area contributed by atoms with Crippen molar-refractivity contribution in [2.75, 3.05) is 0 Å². The molecule has 0 spiro atoms. The Balaban J connectivity index is 1.53. The van der Waals surface area contributed by atoms with Crippen LogP contribution in [0.3, 0.4) is 0 Å². The fraction of sp³-hybridized carbons (Fsp3) is 0.0541. The molecule has 0 unspecified atom stereocenters. The van der Waals surface area contributed by atoms with Gasteiger partial charge in [-0.05, 0) is 91.2 Å². The number of hydrogen-bond acceptors (Lipinski definition) is 1. The number of aromatic nitrogens is 1. The summed E-state index contributed by atoms with van der Waals surface area (Å²) in [5.74, 6) is 0. The fourth-order valence-corrected chi connectivity index (χ4v) is 6.00. The molecule has 0 saturated carbocycles. The Hall–Kier alpha value is -4.75. The molecule has 7 rings (SSSR count). The maximum Gasteiger partial charge on any atom is 0.0349 e. The van der Waals surface area contributed by atoms with E-state index in [1.807, 2.05) is 12.4 Å². The molecule has 1 nitrogen and oxygen atoms in total. The van der Waals surface area contributed by atoms with E-state index in [1.54, 1.807) is 0 Å². The van der Waals surface area contributed by atoms with Crippen LogP contribution in [0, 0.1) is 13.8 Å². The fourth-order valence-electron chi connectivity index (χ4n) is 6.00. The SMILES string of the molecule is Cc1ccncc1-c1ccc(-c2c3ccccc3c(-c3cccc4c(C)cccc34)c3ccccc23)cc1. The van der Waals surface area contributed by atoms with Crippen LogP contribution in [-0.2, 0) is 0 Å². The van der Waals surface area contributed by atoms with E-state index in [9.17, 15) is 0 Å². The molecular formula is C37H27N. The lowest BCUT2D eigenvalue weighted by Crippen LogP contribution is -1.92. The number of benzene rings is 6. The molecule has 6 aromatic carbocycles. The number of pyridine rings is 1. The Morgan fingerprint density at radius 3 is 1.61 bits per heavy atom. The maximum atomic E-state index is 4.35. The van der Waals surface area contributed by atoms with E-state index < -0.39 is 0 Å². The van der Waals surface area contributed by atoms with Crippen LogP contribution in [-0.4, -0.2) is 4.98 Å². The molecule has 7 aromatic rings. The first-order valence-corrected chi connectivity index (χ1v) is 13.1. The number of nitrogens with zero attached hydrogens (tertiary/aromatic N) is 1. The van der Waals surface area contributed by atoms with E-state index in [0.717, 1.165) is 0 Å². The number of aryl methyl sites for hydroxylation is 2. The number of rotatable bonds is 3. The third kappa shape index (κ3) is 3.51.